The summed E-state index contributed by atoms with van der Waals surface area (Å²) >= 11 is 0. The fourth-order valence-electron chi connectivity index (χ4n) is 1.12. The molecule has 1 rings (SSSR count). The van der Waals surface area contributed by atoms with Gasteiger partial charge in [0.1, 0.15) is 5.75 Å². The third-order valence-electron chi connectivity index (χ3n) is 1.85. The first kappa shape index (κ1) is 11.4. The number of carbonyl (C=O) groups is 1. The summed E-state index contributed by atoms with van der Waals surface area (Å²) in [5.41, 5.74) is 0.525. The Kier molecular flexibility index (Phi) is 4.47. The molecule has 0 atom stereocenters. The third kappa shape index (κ3) is 4.35. The normalized spacial score (nSPS) is 9.67. The molecule has 4 nitrogen and oxygen atoms in total. The van der Waals surface area contributed by atoms with Crippen molar-refractivity contribution in [2.75, 3.05) is 11.9 Å². The van der Waals surface area contributed by atoms with E-state index >= 15 is 0 Å². The molecular weight excluding hydrogens is 194 g/mol. The minimum Gasteiger partial charge on any atom is -0.494 e. The topological polar surface area (TPSA) is 58.6 Å². The molecule has 0 aliphatic rings. The first-order chi connectivity index (χ1) is 7.22. The molecule has 0 spiro atoms. The van der Waals surface area contributed by atoms with Gasteiger partial charge < -0.3 is 9.84 Å². The predicted octanol–water partition coefficient (Wildman–Crippen LogP) is 2.96. The lowest BCUT2D eigenvalue weighted by Gasteiger charge is -2.06. The minimum atomic E-state index is -1.07. The van der Waals surface area contributed by atoms with Gasteiger partial charge in [0, 0.05) is 11.8 Å². The van der Waals surface area contributed by atoms with Gasteiger partial charge in [0.25, 0.3) is 0 Å². The van der Waals surface area contributed by atoms with Crippen LogP contribution in [0.15, 0.2) is 24.3 Å². The number of nitrogens with one attached hydrogen (secondary N) is 1. The zero-order valence-corrected chi connectivity index (χ0v) is 8.69. The number of hydrogen-bond donors (Lipinski definition) is 2. The van der Waals surface area contributed by atoms with Crippen LogP contribution in [0.2, 0.25) is 0 Å². The van der Waals surface area contributed by atoms with Gasteiger partial charge in [-0.3, -0.25) is 5.32 Å². The van der Waals surface area contributed by atoms with Gasteiger partial charge in [-0.2, -0.15) is 0 Å². The maximum Gasteiger partial charge on any atom is 0.409 e. The van der Waals surface area contributed by atoms with Crippen LogP contribution in [-0.2, 0) is 0 Å². The Balaban J connectivity index is 2.53. The molecule has 0 aliphatic carbocycles. The van der Waals surface area contributed by atoms with Gasteiger partial charge in [0.05, 0.1) is 6.61 Å². The van der Waals surface area contributed by atoms with Crippen LogP contribution >= 0.6 is 0 Å². The lowest BCUT2D eigenvalue weighted by Crippen LogP contribution is -2.07. The van der Waals surface area contributed by atoms with Crippen LogP contribution in [0.1, 0.15) is 19.8 Å². The van der Waals surface area contributed by atoms with E-state index in [1.54, 1.807) is 18.2 Å². The van der Waals surface area contributed by atoms with Gasteiger partial charge in [0.2, 0.25) is 0 Å². The van der Waals surface area contributed by atoms with E-state index in [0.717, 1.165) is 12.8 Å². The molecule has 0 unspecified atom stereocenters. The summed E-state index contributed by atoms with van der Waals surface area (Å²) in [5.74, 6) is 0.690. The fourth-order valence-corrected chi connectivity index (χ4v) is 1.12. The second-order valence-corrected chi connectivity index (χ2v) is 3.16. The molecule has 0 heterocycles. The van der Waals surface area contributed by atoms with E-state index in [1.165, 1.54) is 0 Å². The Hall–Kier alpha value is -1.71. The first-order valence-corrected chi connectivity index (χ1v) is 4.95. The zero-order chi connectivity index (χ0) is 11.1. The number of anilines is 1. The van der Waals surface area contributed by atoms with Crippen LogP contribution in [0, 0.1) is 0 Å². The van der Waals surface area contributed by atoms with Crippen molar-refractivity contribution in [1.82, 2.24) is 0 Å². The lowest BCUT2D eigenvalue weighted by atomic mass is 10.3. The van der Waals surface area contributed by atoms with Crippen LogP contribution in [0.25, 0.3) is 0 Å². The number of hydrogen-bond acceptors (Lipinski definition) is 2. The average Bonchev–Trinajstić information content (AvgIpc) is 2.18. The van der Waals surface area contributed by atoms with Crippen LogP contribution in [0.3, 0.4) is 0 Å². The fraction of sp³-hybridized carbons (Fsp3) is 0.364. The monoisotopic (exact) mass is 209 g/mol. The van der Waals surface area contributed by atoms with Crippen LogP contribution < -0.4 is 10.1 Å². The van der Waals surface area contributed by atoms with Gasteiger partial charge in [0.15, 0.2) is 0 Å². The van der Waals surface area contributed by atoms with Gasteiger partial charge >= 0.3 is 6.09 Å². The van der Waals surface area contributed by atoms with Crippen LogP contribution in [0.5, 0.6) is 5.75 Å². The van der Waals surface area contributed by atoms with Crippen LogP contribution in [0.4, 0.5) is 10.5 Å². The molecule has 1 aromatic rings. The summed E-state index contributed by atoms with van der Waals surface area (Å²) < 4.78 is 5.44. The molecule has 15 heavy (non-hydrogen) atoms. The highest BCUT2D eigenvalue weighted by atomic mass is 16.5. The van der Waals surface area contributed by atoms with Crippen molar-refractivity contribution in [3.8, 4) is 5.75 Å². The molecule has 1 aromatic carbocycles. The zero-order valence-electron chi connectivity index (χ0n) is 8.69. The summed E-state index contributed by atoms with van der Waals surface area (Å²) in [6.07, 6.45) is 1.00. The van der Waals surface area contributed by atoms with Crippen molar-refractivity contribution in [3.63, 3.8) is 0 Å². The molecule has 0 aliphatic heterocycles. The van der Waals surface area contributed by atoms with Crippen molar-refractivity contribution < 1.29 is 14.6 Å². The van der Waals surface area contributed by atoms with Crippen LogP contribution in [-0.4, -0.2) is 17.8 Å². The Labute approximate surface area is 88.9 Å². The largest absolute Gasteiger partial charge is 0.494 e. The second kappa shape index (κ2) is 5.90. The number of ether oxygens (including phenoxy) is 1. The van der Waals surface area contributed by atoms with E-state index < -0.39 is 6.09 Å². The number of amides is 1. The number of rotatable bonds is 5. The van der Waals surface area contributed by atoms with E-state index in [1.807, 2.05) is 6.07 Å². The molecule has 0 saturated carbocycles. The molecule has 1 amide bonds. The Morgan fingerprint density at radius 1 is 1.53 bits per heavy atom. The van der Waals surface area contributed by atoms with E-state index in [4.69, 9.17) is 9.84 Å². The molecule has 82 valence electrons. The highest BCUT2D eigenvalue weighted by Gasteiger charge is 1.99. The Morgan fingerprint density at radius 2 is 2.33 bits per heavy atom. The maximum atomic E-state index is 10.4. The summed E-state index contributed by atoms with van der Waals surface area (Å²) in [4.78, 5) is 10.4. The summed E-state index contributed by atoms with van der Waals surface area (Å²) in [6, 6.07) is 6.92. The third-order valence-corrected chi connectivity index (χ3v) is 1.85. The van der Waals surface area contributed by atoms with E-state index in [2.05, 4.69) is 12.2 Å². The molecule has 0 saturated heterocycles. The molecule has 2 N–H and O–H groups in total. The second-order valence-electron chi connectivity index (χ2n) is 3.16. The average molecular weight is 209 g/mol. The van der Waals surface area contributed by atoms with E-state index in [0.29, 0.717) is 18.0 Å². The maximum absolute atomic E-state index is 10.4. The first-order valence-electron chi connectivity index (χ1n) is 4.95. The number of carboxylic acid groups (broad SMARTS) is 1. The van der Waals surface area contributed by atoms with Gasteiger partial charge in [-0.25, -0.2) is 4.79 Å². The lowest BCUT2D eigenvalue weighted by molar-refractivity contribution is 0.209. The minimum absolute atomic E-state index is 0.525. The van der Waals surface area contributed by atoms with Crippen molar-refractivity contribution in [2.24, 2.45) is 0 Å². The van der Waals surface area contributed by atoms with Gasteiger partial charge in [-0.15, -0.1) is 0 Å². The molecule has 0 bridgehead atoms. The van der Waals surface area contributed by atoms with Gasteiger partial charge in [-0.1, -0.05) is 19.4 Å². The summed E-state index contributed by atoms with van der Waals surface area (Å²) in [5, 5.41) is 10.8. The molecule has 4 heteroatoms. The molecule has 0 aromatic heterocycles. The van der Waals surface area contributed by atoms with Crippen molar-refractivity contribution in [1.29, 1.82) is 0 Å². The Morgan fingerprint density at radius 3 is 3.00 bits per heavy atom. The number of unbranched alkanes of at least 4 members (excludes halogenated alkanes) is 1. The quantitative estimate of drug-likeness (QED) is 0.733. The smallest absolute Gasteiger partial charge is 0.409 e. The van der Waals surface area contributed by atoms with E-state index in [-0.39, 0.29) is 0 Å². The van der Waals surface area contributed by atoms with Gasteiger partial charge in [-0.05, 0) is 18.6 Å². The van der Waals surface area contributed by atoms with Crippen molar-refractivity contribution >= 4 is 11.8 Å². The summed E-state index contributed by atoms with van der Waals surface area (Å²) in [6.45, 7) is 2.75. The number of benzene rings is 1. The highest BCUT2D eigenvalue weighted by Crippen LogP contribution is 2.17. The molecule has 0 radical (unpaired) electrons. The highest BCUT2D eigenvalue weighted by molar-refractivity contribution is 5.83. The predicted molar refractivity (Wildman–Crippen MR) is 58.5 cm³/mol. The Bertz CT molecular complexity index is 325. The standard InChI is InChI=1S/C11H15NO3/c1-2-3-7-15-10-6-4-5-9(8-10)12-11(13)14/h4-6,8,12H,2-3,7H2,1H3,(H,13,14). The van der Waals surface area contributed by atoms with E-state index in [9.17, 15) is 4.79 Å². The summed E-state index contributed by atoms with van der Waals surface area (Å²) in [7, 11) is 0. The molecule has 0 fully saturated rings. The van der Waals surface area contributed by atoms with Crippen molar-refractivity contribution in [3.05, 3.63) is 24.3 Å². The SMILES string of the molecule is CCCCOc1cccc(NC(=O)O)c1. The molecular formula is C11H15NO3. The van der Waals surface area contributed by atoms with Crippen molar-refractivity contribution in [2.45, 2.75) is 19.8 Å².